The highest BCUT2D eigenvalue weighted by atomic mass is 16.5. The van der Waals surface area contributed by atoms with Crippen molar-refractivity contribution in [3.63, 3.8) is 0 Å². The molecule has 0 aliphatic carbocycles. The van der Waals surface area contributed by atoms with Crippen molar-refractivity contribution in [3.8, 4) is 0 Å². The van der Waals surface area contributed by atoms with Crippen molar-refractivity contribution in [1.29, 1.82) is 0 Å². The molecular weight excluding hydrogens is 326 g/mol. The predicted molar refractivity (Wildman–Crippen MR) is 112 cm³/mol. The van der Waals surface area contributed by atoms with Gasteiger partial charge in [0.25, 0.3) is 0 Å². The lowest BCUT2D eigenvalue weighted by Gasteiger charge is -2.31. The number of hydrogen-bond acceptors (Lipinski definition) is 4. The summed E-state index contributed by atoms with van der Waals surface area (Å²) in [5.74, 6) is 0.111. The zero-order valence-corrected chi connectivity index (χ0v) is 18.1. The van der Waals surface area contributed by atoms with Gasteiger partial charge in [0.2, 0.25) is 5.91 Å². The van der Waals surface area contributed by atoms with Gasteiger partial charge in [-0.15, -0.1) is 0 Å². The Kier molecular flexibility index (Phi) is 17.3. The second-order valence-corrected chi connectivity index (χ2v) is 7.31. The Morgan fingerprint density at radius 2 is 1.77 bits per heavy atom. The average molecular weight is 372 g/mol. The van der Waals surface area contributed by atoms with Crippen molar-refractivity contribution in [1.82, 2.24) is 15.5 Å². The van der Waals surface area contributed by atoms with E-state index in [1.165, 1.54) is 58.0 Å². The molecule has 0 bridgehead atoms. The number of methoxy groups -OCH3 is 1. The zero-order chi connectivity index (χ0) is 19.6. The zero-order valence-electron chi connectivity index (χ0n) is 18.1. The number of amides is 1. The minimum Gasteiger partial charge on any atom is -0.380 e. The van der Waals surface area contributed by atoms with Crippen LogP contribution in [-0.2, 0) is 9.53 Å². The molecule has 0 saturated carbocycles. The summed E-state index contributed by atoms with van der Waals surface area (Å²) in [6, 6.07) is 0.362. The molecule has 1 atom stereocenters. The van der Waals surface area contributed by atoms with Crippen molar-refractivity contribution < 1.29 is 9.53 Å². The van der Waals surface area contributed by atoms with E-state index in [1.807, 2.05) is 21.0 Å². The molecule has 0 aromatic heterocycles. The van der Waals surface area contributed by atoms with Crippen molar-refractivity contribution in [2.24, 2.45) is 0 Å². The lowest BCUT2D eigenvalue weighted by Crippen LogP contribution is -2.39. The number of likely N-dealkylation sites (tertiary alicyclic amines) is 1. The highest BCUT2D eigenvalue weighted by Crippen LogP contribution is 2.14. The van der Waals surface area contributed by atoms with E-state index >= 15 is 0 Å². The molecule has 5 heteroatoms. The molecule has 1 aliphatic heterocycles. The smallest absolute Gasteiger partial charge is 0.233 e. The molecule has 1 heterocycles. The molecule has 0 aromatic rings. The number of carbonyl (C=O) groups is 1. The van der Waals surface area contributed by atoms with Crippen LogP contribution in [-0.4, -0.2) is 62.8 Å². The highest BCUT2D eigenvalue weighted by Gasteiger charge is 2.18. The maximum atomic E-state index is 11.5. The summed E-state index contributed by atoms with van der Waals surface area (Å²) < 4.78 is 5.47. The van der Waals surface area contributed by atoms with Gasteiger partial charge in [-0.25, -0.2) is 0 Å². The molecule has 0 aromatic carbocycles. The molecule has 0 spiro atoms. The Morgan fingerprint density at radius 1 is 1.12 bits per heavy atom. The summed E-state index contributed by atoms with van der Waals surface area (Å²) in [4.78, 5) is 14.1. The van der Waals surface area contributed by atoms with Gasteiger partial charge >= 0.3 is 0 Å². The van der Waals surface area contributed by atoms with E-state index < -0.39 is 0 Å². The number of piperidine rings is 1. The Morgan fingerprint density at radius 3 is 2.42 bits per heavy atom. The Bertz CT molecular complexity index is 324. The SMILES string of the molecule is CC.COC1CCCN(CCCCCCCCNC(=O)CNC(C)C)C1. The van der Waals surface area contributed by atoms with Crippen LogP contribution in [0.1, 0.15) is 79.1 Å². The van der Waals surface area contributed by atoms with Crippen LogP contribution in [0.5, 0.6) is 0 Å². The molecular formula is C21H45N3O2. The van der Waals surface area contributed by atoms with E-state index in [1.54, 1.807) is 0 Å². The first-order valence-corrected chi connectivity index (χ1v) is 10.9. The van der Waals surface area contributed by atoms with Crippen molar-refractivity contribution in [2.45, 2.75) is 91.2 Å². The van der Waals surface area contributed by atoms with Gasteiger partial charge in [0.1, 0.15) is 0 Å². The van der Waals surface area contributed by atoms with Gasteiger partial charge in [0.05, 0.1) is 12.6 Å². The van der Waals surface area contributed by atoms with Crippen molar-refractivity contribution in [2.75, 3.05) is 39.8 Å². The third-order valence-electron chi connectivity index (χ3n) is 4.69. The topological polar surface area (TPSA) is 53.6 Å². The van der Waals surface area contributed by atoms with Crippen LogP contribution in [0.3, 0.4) is 0 Å². The second-order valence-electron chi connectivity index (χ2n) is 7.31. The lowest BCUT2D eigenvalue weighted by atomic mass is 10.1. The third kappa shape index (κ3) is 14.5. The molecule has 1 rings (SSSR count). The first-order chi connectivity index (χ1) is 12.6. The van der Waals surface area contributed by atoms with E-state index in [2.05, 4.69) is 29.4 Å². The lowest BCUT2D eigenvalue weighted by molar-refractivity contribution is -0.120. The molecule has 156 valence electrons. The van der Waals surface area contributed by atoms with Gasteiger partial charge in [-0.3, -0.25) is 4.79 Å². The van der Waals surface area contributed by atoms with Gasteiger partial charge in [-0.1, -0.05) is 53.4 Å². The number of hydrogen-bond donors (Lipinski definition) is 2. The van der Waals surface area contributed by atoms with Crippen LogP contribution in [0, 0.1) is 0 Å². The molecule has 1 saturated heterocycles. The van der Waals surface area contributed by atoms with E-state index in [0.29, 0.717) is 18.7 Å². The number of nitrogens with one attached hydrogen (secondary N) is 2. The Hall–Kier alpha value is -0.650. The van der Waals surface area contributed by atoms with Gasteiger partial charge in [0.15, 0.2) is 0 Å². The summed E-state index contributed by atoms with van der Waals surface area (Å²) in [6.07, 6.45) is 10.5. The summed E-state index contributed by atoms with van der Waals surface area (Å²) >= 11 is 0. The maximum absolute atomic E-state index is 11.5. The first kappa shape index (κ1) is 25.4. The fourth-order valence-corrected chi connectivity index (χ4v) is 3.16. The largest absolute Gasteiger partial charge is 0.380 e. The van der Waals surface area contributed by atoms with Crippen LogP contribution < -0.4 is 10.6 Å². The minimum absolute atomic E-state index is 0.111. The predicted octanol–water partition coefficient (Wildman–Crippen LogP) is 3.58. The van der Waals surface area contributed by atoms with Crippen LogP contribution in [0.2, 0.25) is 0 Å². The van der Waals surface area contributed by atoms with Crippen LogP contribution in [0.25, 0.3) is 0 Å². The molecule has 1 unspecified atom stereocenters. The second kappa shape index (κ2) is 17.7. The average Bonchev–Trinajstić information content (AvgIpc) is 2.66. The van der Waals surface area contributed by atoms with Gasteiger partial charge in [-0.2, -0.15) is 0 Å². The Balaban J connectivity index is 0.00000301. The number of rotatable bonds is 13. The summed E-state index contributed by atoms with van der Waals surface area (Å²) in [6.45, 7) is 12.9. The van der Waals surface area contributed by atoms with E-state index in [0.717, 1.165) is 19.5 Å². The number of unbranched alkanes of at least 4 members (excludes halogenated alkanes) is 5. The molecule has 2 N–H and O–H groups in total. The normalized spacial score (nSPS) is 17.7. The number of carbonyl (C=O) groups excluding carboxylic acids is 1. The molecule has 1 aliphatic rings. The van der Waals surface area contributed by atoms with Gasteiger partial charge in [0, 0.05) is 26.2 Å². The standard InChI is InChI=1S/C19H39N3O2.C2H6/c1-17(2)21-15-19(23)20-12-8-6-4-5-7-9-13-22-14-10-11-18(16-22)24-3;1-2/h17-18,21H,4-16H2,1-3H3,(H,20,23);1-2H3. The van der Waals surface area contributed by atoms with E-state index in [-0.39, 0.29) is 5.91 Å². The number of ether oxygens (including phenoxy) is 1. The Labute approximate surface area is 162 Å². The summed E-state index contributed by atoms with van der Waals surface area (Å²) in [7, 11) is 1.83. The highest BCUT2D eigenvalue weighted by molar-refractivity contribution is 5.77. The summed E-state index contributed by atoms with van der Waals surface area (Å²) in [5.41, 5.74) is 0. The molecule has 26 heavy (non-hydrogen) atoms. The number of nitrogens with zero attached hydrogens (tertiary/aromatic N) is 1. The molecule has 1 fully saturated rings. The fourth-order valence-electron chi connectivity index (χ4n) is 3.16. The maximum Gasteiger partial charge on any atom is 0.233 e. The van der Waals surface area contributed by atoms with E-state index in [4.69, 9.17) is 4.74 Å². The van der Waals surface area contributed by atoms with Crippen molar-refractivity contribution >= 4 is 5.91 Å². The quantitative estimate of drug-likeness (QED) is 0.486. The van der Waals surface area contributed by atoms with E-state index in [9.17, 15) is 4.79 Å². The molecule has 1 amide bonds. The van der Waals surface area contributed by atoms with Gasteiger partial charge in [-0.05, 0) is 38.8 Å². The van der Waals surface area contributed by atoms with Crippen molar-refractivity contribution in [3.05, 3.63) is 0 Å². The third-order valence-corrected chi connectivity index (χ3v) is 4.69. The van der Waals surface area contributed by atoms with Gasteiger partial charge < -0.3 is 20.3 Å². The minimum atomic E-state index is 0.111. The molecule has 0 radical (unpaired) electrons. The molecule has 5 nitrogen and oxygen atoms in total. The van der Waals surface area contributed by atoms with Crippen LogP contribution >= 0.6 is 0 Å². The fraction of sp³-hybridized carbons (Fsp3) is 0.952. The van der Waals surface area contributed by atoms with Crippen LogP contribution in [0.15, 0.2) is 0 Å². The first-order valence-electron chi connectivity index (χ1n) is 10.9. The summed E-state index contributed by atoms with van der Waals surface area (Å²) in [5, 5.41) is 6.10. The monoisotopic (exact) mass is 371 g/mol. The van der Waals surface area contributed by atoms with Crippen LogP contribution in [0.4, 0.5) is 0 Å².